The van der Waals surface area contributed by atoms with Crippen molar-refractivity contribution in [1.29, 1.82) is 0 Å². The summed E-state index contributed by atoms with van der Waals surface area (Å²) in [7, 11) is 0. The van der Waals surface area contributed by atoms with Gasteiger partial charge < -0.3 is 16.2 Å². The number of primary amides is 1. The Hall–Kier alpha value is -2.64. The van der Waals surface area contributed by atoms with E-state index in [-0.39, 0.29) is 0 Å². The van der Waals surface area contributed by atoms with Gasteiger partial charge in [-0.2, -0.15) is 5.43 Å². The lowest BCUT2D eigenvalue weighted by Gasteiger charge is -2.13. The number of benzene rings is 1. The number of carbonyl (C=O) groups is 1. The fourth-order valence-electron chi connectivity index (χ4n) is 2.91. The van der Waals surface area contributed by atoms with E-state index in [1.165, 1.54) is 16.9 Å². The van der Waals surface area contributed by atoms with Gasteiger partial charge in [-0.3, -0.25) is 4.79 Å². The molecule has 6 nitrogen and oxygen atoms in total. The van der Waals surface area contributed by atoms with Crippen molar-refractivity contribution in [2.24, 2.45) is 10.8 Å². The number of ether oxygens (including phenoxy) is 1. The van der Waals surface area contributed by atoms with Gasteiger partial charge in [0.05, 0.1) is 16.7 Å². The lowest BCUT2D eigenvalue weighted by molar-refractivity contribution is -0.565. The normalized spacial score (nSPS) is 15.5. The lowest BCUT2D eigenvalue weighted by Crippen LogP contribution is -2.73. The average molecular weight is 327 g/mol. The van der Waals surface area contributed by atoms with E-state index in [0.717, 1.165) is 29.7 Å². The number of hydrogen-bond acceptors (Lipinski definition) is 5. The van der Waals surface area contributed by atoms with Crippen molar-refractivity contribution in [2.45, 2.75) is 12.8 Å². The van der Waals surface area contributed by atoms with Gasteiger partial charge in [0.15, 0.2) is 10.8 Å². The van der Waals surface area contributed by atoms with Crippen LogP contribution in [0.2, 0.25) is 0 Å². The van der Waals surface area contributed by atoms with E-state index in [1.807, 2.05) is 11.6 Å². The third kappa shape index (κ3) is 2.30. The summed E-state index contributed by atoms with van der Waals surface area (Å²) in [5, 5.41) is 4.91. The summed E-state index contributed by atoms with van der Waals surface area (Å²) in [5.74, 6) is 0.257. The number of hydrogen-bond donors (Lipinski definition) is 3. The summed E-state index contributed by atoms with van der Waals surface area (Å²) in [6, 6.07) is 7.16. The molecule has 2 aromatic rings. The molecule has 1 amide bonds. The van der Waals surface area contributed by atoms with Crippen LogP contribution in [0.5, 0.6) is 10.8 Å². The lowest BCUT2D eigenvalue weighted by atomic mass is 9.91. The summed E-state index contributed by atoms with van der Waals surface area (Å²) < 4.78 is 6.02. The Morgan fingerprint density at radius 3 is 2.78 bits per heavy atom. The molecular weight excluding hydrogens is 312 g/mol. The fraction of sp³-hybridized carbons (Fsp3) is 0.125. The average Bonchev–Trinajstić information content (AvgIpc) is 3.13. The molecule has 1 aliphatic carbocycles. The minimum Gasteiger partial charge on any atom is -0.446 e. The molecule has 7 heteroatoms. The zero-order valence-electron chi connectivity index (χ0n) is 12.2. The van der Waals surface area contributed by atoms with Crippen LogP contribution in [0.25, 0.3) is 5.70 Å². The van der Waals surface area contributed by atoms with E-state index >= 15 is 0 Å². The molecule has 2 heterocycles. The first kappa shape index (κ1) is 14.0. The molecule has 2 aliphatic rings. The molecule has 0 spiro atoms. The molecule has 23 heavy (non-hydrogen) atoms. The van der Waals surface area contributed by atoms with Crippen LogP contribution in [-0.2, 0) is 6.42 Å². The standard InChI is InChI=1S/C16H14N4O2S/c17-9-2-4-10(5-3-9)22-16-12-11(14(23-16)15(18)21)6-1-8-7-19-20-13(8)12/h2-5,7H,1,6,17H2,(H2,18,21)(H,19,20)/p+1. The second-order valence-corrected chi connectivity index (χ2v) is 6.44. The van der Waals surface area contributed by atoms with Crippen LogP contribution >= 0.6 is 11.3 Å². The van der Waals surface area contributed by atoms with Crippen LogP contribution in [0.4, 0.5) is 5.69 Å². The molecule has 0 saturated heterocycles. The molecule has 0 atom stereocenters. The Bertz CT molecular complexity index is 865. The Kier molecular flexibility index (Phi) is 3.17. The SMILES string of the molecule is NC(=O)c1sc(Oc2ccc(N)cc2)c2c1CCC1=C2[NH2+]N=C1. The van der Waals surface area contributed by atoms with Crippen LogP contribution in [0.15, 0.2) is 34.9 Å². The minimum atomic E-state index is -0.415. The zero-order chi connectivity index (χ0) is 16.0. The molecule has 0 saturated carbocycles. The van der Waals surface area contributed by atoms with E-state index in [1.54, 1.807) is 24.3 Å². The number of amides is 1. The van der Waals surface area contributed by atoms with Gasteiger partial charge in [-0.1, -0.05) is 16.4 Å². The molecular formula is C16H15N4O2S+. The number of carbonyl (C=O) groups excluding carboxylic acids is 1. The van der Waals surface area contributed by atoms with Crippen LogP contribution < -0.4 is 21.6 Å². The Labute approximate surface area is 136 Å². The van der Waals surface area contributed by atoms with Gasteiger partial charge in [0.1, 0.15) is 5.75 Å². The molecule has 116 valence electrons. The monoisotopic (exact) mass is 327 g/mol. The number of nitrogens with zero attached hydrogens (tertiary/aromatic N) is 1. The predicted molar refractivity (Wildman–Crippen MR) is 89.4 cm³/mol. The van der Waals surface area contributed by atoms with E-state index in [4.69, 9.17) is 16.2 Å². The van der Waals surface area contributed by atoms with Crippen molar-refractivity contribution in [1.82, 2.24) is 0 Å². The summed E-state index contributed by atoms with van der Waals surface area (Å²) in [5.41, 5.74) is 17.9. The Balaban J connectivity index is 1.81. The summed E-state index contributed by atoms with van der Waals surface area (Å²) >= 11 is 1.29. The number of quaternary nitrogens is 1. The van der Waals surface area contributed by atoms with Crippen molar-refractivity contribution >= 4 is 34.8 Å². The maximum absolute atomic E-state index is 11.8. The molecule has 0 fully saturated rings. The first-order valence-corrected chi connectivity index (χ1v) is 8.04. The highest BCUT2D eigenvalue weighted by molar-refractivity contribution is 7.16. The van der Waals surface area contributed by atoms with E-state index < -0.39 is 5.91 Å². The second-order valence-electron chi connectivity index (χ2n) is 5.45. The number of nitrogens with two attached hydrogens (primary N) is 3. The van der Waals surface area contributed by atoms with Crippen molar-refractivity contribution < 1.29 is 15.0 Å². The van der Waals surface area contributed by atoms with Gasteiger partial charge in [0.25, 0.3) is 5.91 Å². The smallest absolute Gasteiger partial charge is 0.259 e. The molecule has 0 radical (unpaired) electrons. The molecule has 0 bridgehead atoms. The predicted octanol–water partition coefficient (Wildman–Crippen LogP) is 1.44. The summed E-state index contributed by atoms with van der Waals surface area (Å²) in [6.45, 7) is 0. The van der Waals surface area contributed by atoms with Crippen molar-refractivity contribution in [3.8, 4) is 10.8 Å². The maximum atomic E-state index is 11.8. The molecule has 4 rings (SSSR count). The van der Waals surface area contributed by atoms with E-state index in [0.29, 0.717) is 21.4 Å². The highest BCUT2D eigenvalue weighted by Crippen LogP contribution is 2.44. The first-order chi connectivity index (χ1) is 11.1. The van der Waals surface area contributed by atoms with Crippen molar-refractivity contribution in [3.63, 3.8) is 0 Å². The number of anilines is 1. The third-order valence-electron chi connectivity index (χ3n) is 3.98. The Morgan fingerprint density at radius 1 is 1.26 bits per heavy atom. The third-order valence-corrected chi connectivity index (χ3v) is 5.11. The highest BCUT2D eigenvalue weighted by atomic mass is 32.1. The Morgan fingerprint density at radius 2 is 2.04 bits per heavy atom. The quantitative estimate of drug-likeness (QED) is 0.586. The second kappa shape index (κ2) is 5.22. The molecule has 1 aromatic carbocycles. The molecule has 1 aliphatic heterocycles. The van der Waals surface area contributed by atoms with Gasteiger partial charge in [0, 0.05) is 11.3 Å². The topological polar surface area (TPSA) is 107 Å². The van der Waals surface area contributed by atoms with E-state index in [2.05, 4.69) is 5.10 Å². The van der Waals surface area contributed by atoms with Crippen molar-refractivity contribution in [2.75, 3.05) is 5.73 Å². The van der Waals surface area contributed by atoms with Gasteiger partial charge in [-0.25, -0.2) is 0 Å². The van der Waals surface area contributed by atoms with Crippen LogP contribution in [-0.4, -0.2) is 12.1 Å². The molecule has 1 aromatic heterocycles. The molecule has 6 N–H and O–H groups in total. The van der Waals surface area contributed by atoms with Crippen LogP contribution in [0.1, 0.15) is 27.2 Å². The summed E-state index contributed by atoms with van der Waals surface area (Å²) in [6.07, 6.45) is 3.50. The number of nitrogen functional groups attached to an aromatic ring is 1. The highest BCUT2D eigenvalue weighted by Gasteiger charge is 2.34. The van der Waals surface area contributed by atoms with Gasteiger partial charge in [0.2, 0.25) is 0 Å². The van der Waals surface area contributed by atoms with Gasteiger partial charge >= 0.3 is 0 Å². The molecule has 0 unspecified atom stereocenters. The number of allylic oxidation sites excluding steroid dienone is 1. The van der Waals surface area contributed by atoms with Crippen LogP contribution in [0.3, 0.4) is 0 Å². The minimum absolute atomic E-state index is 0.415. The van der Waals surface area contributed by atoms with E-state index in [9.17, 15) is 4.79 Å². The largest absolute Gasteiger partial charge is 0.446 e. The summed E-state index contributed by atoms with van der Waals surface area (Å²) in [4.78, 5) is 12.3. The number of fused-ring (bicyclic) bond motifs is 2. The van der Waals surface area contributed by atoms with Crippen molar-refractivity contribution in [3.05, 3.63) is 45.8 Å². The first-order valence-electron chi connectivity index (χ1n) is 7.22. The number of rotatable bonds is 3. The van der Waals surface area contributed by atoms with Gasteiger partial charge in [-0.15, -0.1) is 0 Å². The maximum Gasteiger partial charge on any atom is 0.259 e. The van der Waals surface area contributed by atoms with Crippen LogP contribution in [0, 0.1) is 0 Å². The zero-order valence-corrected chi connectivity index (χ0v) is 13.0. The van der Waals surface area contributed by atoms with Gasteiger partial charge in [-0.05, 0) is 42.7 Å². The fourth-order valence-corrected chi connectivity index (χ4v) is 3.99. The number of thiophene rings is 1.